The molecule has 1 fully saturated rings. The Labute approximate surface area is 105 Å². The molecule has 102 valence electrons. The zero-order valence-corrected chi connectivity index (χ0v) is 10.5. The van der Waals surface area contributed by atoms with E-state index in [2.05, 4.69) is 4.74 Å². The summed E-state index contributed by atoms with van der Waals surface area (Å²) in [5, 5.41) is 11.0. The molecule has 1 aliphatic carbocycles. The molecular formula is C11H17NO6. The quantitative estimate of drug-likeness (QED) is 0.400. The van der Waals surface area contributed by atoms with Crippen molar-refractivity contribution in [1.82, 2.24) is 0 Å². The molecule has 7 nitrogen and oxygen atoms in total. The van der Waals surface area contributed by atoms with E-state index in [0.29, 0.717) is 0 Å². The summed E-state index contributed by atoms with van der Waals surface area (Å²) >= 11 is 0. The molecule has 0 radical (unpaired) electrons. The van der Waals surface area contributed by atoms with Crippen molar-refractivity contribution < 1.29 is 24.0 Å². The van der Waals surface area contributed by atoms with Gasteiger partial charge in [0.1, 0.15) is 0 Å². The molecule has 0 N–H and O–H groups in total. The maximum absolute atomic E-state index is 11.4. The Morgan fingerprint density at radius 1 is 1.44 bits per heavy atom. The van der Waals surface area contributed by atoms with Crippen LogP contribution in [-0.2, 0) is 19.1 Å². The predicted octanol–water partition coefficient (Wildman–Crippen LogP) is 0.928. The molecule has 0 aromatic heterocycles. The lowest BCUT2D eigenvalue weighted by atomic mass is 9.66. The maximum atomic E-state index is 11.4. The van der Waals surface area contributed by atoms with Gasteiger partial charge in [0.2, 0.25) is 5.54 Å². The Morgan fingerprint density at radius 3 is 2.50 bits per heavy atom. The first-order valence-corrected chi connectivity index (χ1v) is 5.83. The fourth-order valence-corrected chi connectivity index (χ4v) is 2.17. The normalized spacial score (nSPS) is 26.0. The number of hydrogen-bond donors (Lipinski definition) is 0. The Kier molecular flexibility index (Phi) is 4.63. The summed E-state index contributed by atoms with van der Waals surface area (Å²) in [6.07, 6.45) is 0.362. The topological polar surface area (TPSA) is 95.7 Å². The summed E-state index contributed by atoms with van der Waals surface area (Å²) in [5.41, 5.74) is -1.17. The van der Waals surface area contributed by atoms with Crippen molar-refractivity contribution in [2.45, 2.75) is 38.1 Å². The van der Waals surface area contributed by atoms with E-state index < -0.39 is 28.3 Å². The van der Waals surface area contributed by atoms with Crippen LogP contribution < -0.4 is 0 Å². The standard InChI is InChI=1S/C11H17NO6/c1-3-18-10(14)8-6-11(7-8,12(15)16)5-4-9(13)17-2/h8H,3-7H2,1-2H3/t8-,11+. The molecule has 0 bridgehead atoms. The minimum Gasteiger partial charge on any atom is -0.469 e. The van der Waals surface area contributed by atoms with Crippen LogP contribution in [0.2, 0.25) is 0 Å². The van der Waals surface area contributed by atoms with Crippen LogP contribution in [0, 0.1) is 16.0 Å². The summed E-state index contributed by atoms with van der Waals surface area (Å²) in [7, 11) is 1.24. The van der Waals surface area contributed by atoms with E-state index in [1.54, 1.807) is 6.92 Å². The highest BCUT2D eigenvalue weighted by atomic mass is 16.6. The third-order valence-corrected chi connectivity index (χ3v) is 3.28. The fraction of sp³-hybridized carbons (Fsp3) is 0.818. The molecule has 0 aromatic rings. The van der Waals surface area contributed by atoms with Crippen LogP contribution >= 0.6 is 0 Å². The number of nitro groups is 1. The molecule has 0 atom stereocenters. The number of carbonyl (C=O) groups excluding carboxylic acids is 2. The molecule has 0 unspecified atom stereocenters. The highest BCUT2D eigenvalue weighted by molar-refractivity contribution is 5.74. The minimum atomic E-state index is -1.17. The molecule has 0 spiro atoms. The first-order chi connectivity index (χ1) is 8.45. The molecule has 0 heterocycles. The van der Waals surface area contributed by atoms with Crippen molar-refractivity contribution in [3.8, 4) is 0 Å². The smallest absolute Gasteiger partial charge is 0.309 e. The van der Waals surface area contributed by atoms with Crippen LogP contribution in [0.15, 0.2) is 0 Å². The van der Waals surface area contributed by atoms with Gasteiger partial charge in [-0.2, -0.15) is 0 Å². The van der Waals surface area contributed by atoms with Crippen LogP contribution in [0.3, 0.4) is 0 Å². The minimum absolute atomic E-state index is 0.00692. The van der Waals surface area contributed by atoms with Crippen LogP contribution in [0.25, 0.3) is 0 Å². The summed E-state index contributed by atoms with van der Waals surface area (Å²) in [6, 6.07) is 0. The molecule has 0 aliphatic heterocycles. The van der Waals surface area contributed by atoms with Crippen molar-refractivity contribution in [2.75, 3.05) is 13.7 Å². The number of rotatable bonds is 6. The number of nitrogens with zero attached hydrogens (tertiary/aromatic N) is 1. The molecule has 7 heteroatoms. The van der Waals surface area contributed by atoms with E-state index in [1.807, 2.05) is 0 Å². The van der Waals surface area contributed by atoms with E-state index in [0.717, 1.165) is 0 Å². The monoisotopic (exact) mass is 259 g/mol. The molecule has 1 saturated carbocycles. The zero-order chi connectivity index (χ0) is 13.8. The summed E-state index contributed by atoms with van der Waals surface area (Å²) in [5.74, 6) is -1.29. The van der Waals surface area contributed by atoms with Gasteiger partial charge in [-0.3, -0.25) is 19.7 Å². The van der Waals surface area contributed by atoms with Crippen LogP contribution in [0.5, 0.6) is 0 Å². The molecule has 0 amide bonds. The van der Waals surface area contributed by atoms with Crippen molar-refractivity contribution in [3.63, 3.8) is 0 Å². The predicted molar refractivity (Wildman–Crippen MR) is 60.3 cm³/mol. The number of ether oxygens (including phenoxy) is 2. The van der Waals surface area contributed by atoms with E-state index in [1.165, 1.54) is 7.11 Å². The largest absolute Gasteiger partial charge is 0.469 e. The lowest BCUT2D eigenvalue weighted by molar-refractivity contribution is -0.590. The third kappa shape index (κ3) is 2.96. The van der Waals surface area contributed by atoms with Gasteiger partial charge in [0.25, 0.3) is 0 Å². The summed E-state index contributed by atoms with van der Waals surface area (Å²) < 4.78 is 9.27. The second kappa shape index (κ2) is 5.79. The first kappa shape index (κ1) is 14.4. The average molecular weight is 259 g/mol. The Balaban J connectivity index is 2.52. The first-order valence-electron chi connectivity index (χ1n) is 5.83. The van der Waals surface area contributed by atoms with Gasteiger partial charge in [0, 0.05) is 24.2 Å². The second-order valence-electron chi connectivity index (χ2n) is 4.41. The lowest BCUT2D eigenvalue weighted by Crippen LogP contribution is -2.53. The van der Waals surface area contributed by atoms with Crippen molar-refractivity contribution in [3.05, 3.63) is 10.1 Å². The van der Waals surface area contributed by atoms with Gasteiger partial charge in [0.15, 0.2) is 0 Å². The highest BCUT2D eigenvalue weighted by Crippen LogP contribution is 2.44. The highest BCUT2D eigenvalue weighted by Gasteiger charge is 2.57. The van der Waals surface area contributed by atoms with Gasteiger partial charge in [-0.25, -0.2) is 0 Å². The van der Waals surface area contributed by atoms with Gasteiger partial charge in [-0.05, 0) is 6.92 Å². The number of hydrogen-bond acceptors (Lipinski definition) is 6. The van der Waals surface area contributed by atoms with E-state index in [-0.39, 0.29) is 32.3 Å². The number of carbonyl (C=O) groups is 2. The Morgan fingerprint density at radius 2 is 2.06 bits per heavy atom. The van der Waals surface area contributed by atoms with Crippen molar-refractivity contribution in [2.24, 2.45) is 5.92 Å². The van der Waals surface area contributed by atoms with Crippen molar-refractivity contribution in [1.29, 1.82) is 0 Å². The van der Waals surface area contributed by atoms with Crippen LogP contribution in [-0.4, -0.2) is 36.1 Å². The molecule has 1 rings (SSSR count). The molecular weight excluding hydrogens is 242 g/mol. The molecule has 18 heavy (non-hydrogen) atoms. The van der Waals surface area contributed by atoms with Gasteiger partial charge in [-0.1, -0.05) is 0 Å². The van der Waals surface area contributed by atoms with E-state index in [9.17, 15) is 19.7 Å². The maximum Gasteiger partial charge on any atom is 0.309 e. The second-order valence-corrected chi connectivity index (χ2v) is 4.41. The van der Waals surface area contributed by atoms with Crippen LogP contribution in [0.4, 0.5) is 0 Å². The lowest BCUT2D eigenvalue weighted by Gasteiger charge is -2.38. The van der Waals surface area contributed by atoms with Gasteiger partial charge >= 0.3 is 11.9 Å². The van der Waals surface area contributed by atoms with Gasteiger partial charge < -0.3 is 9.47 Å². The van der Waals surface area contributed by atoms with E-state index in [4.69, 9.17) is 4.74 Å². The van der Waals surface area contributed by atoms with Crippen molar-refractivity contribution >= 4 is 11.9 Å². The summed E-state index contributed by atoms with van der Waals surface area (Å²) in [6.45, 7) is 1.96. The average Bonchev–Trinajstić information content (AvgIpc) is 2.26. The summed E-state index contributed by atoms with van der Waals surface area (Å²) in [4.78, 5) is 33.0. The number of methoxy groups -OCH3 is 1. The van der Waals surface area contributed by atoms with Gasteiger partial charge in [-0.15, -0.1) is 0 Å². The molecule has 0 saturated heterocycles. The molecule has 1 aliphatic rings. The fourth-order valence-electron chi connectivity index (χ4n) is 2.17. The van der Waals surface area contributed by atoms with Crippen LogP contribution in [0.1, 0.15) is 32.6 Å². The SMILES string of the molecule is CCOC(=O)[C@H]1C[C@@](CCC(=O)OC)([N+](=O)[O-])C1. The van der Waals surface area contributed by atoms with Gasteiger partial charge in [0.05, 0.1) is 26.1 Å². The van der Waals surface area contributed by atoms with E-state index >= 15 is 0 Å². The number of esters is 2. The third-order valence-electron chi connectivity index (χ3n) is 3.28. The Hall–Kier alpha value is -1.66. The Bertz CT molecular complexity index is 347. The molecule has 0 aromatic carbocycles. The zero-order valence-electron chi connectivity index (χ0n) is 10.5.